The van der Waals surface area contributed by atoms with Crippen LogP contribution >= 0.6 is 0 Å². The van der Waals surface area contributed by atoms with Crippen LogP contribution in [0, 0.1) is 0 Å². The Balaban J connectivity index is 1.28. The Labute approximate surface area is 216 Å². The van der Waals surface area contributed by atoms with Gasteiger partial charge in [0.1, 0.15) is 5.82 Å². The van der Waals surface area contributed by atoms with E-state index in [2.05, 4.69) is 30.5 Å². The number of nitrogens with one attached hydrogen (secondary N) is 3. The summed E-state index contributed by atoms with van der Waals surface area (Å²) in [6, 6.07) is 12.2. The lowest BCUT2D eigenvalue weighted by Crippen LogP contribution is -2.44. The Bertz CT molecular complexity index is 1440. The van der Waals surface area contributed by atoms with Crippen molar-refractivity contribution in [1.29, 1.82) is 0 Å². The summed E-state index contributed by atoms with van der Waals surface area (Å²) >= 11 is 0. The number of aromatic nitrogens is 3. The summed E-state index contributed by atoms with van der Waals surface area (Å²) in [7, 11) is 1.99. The smallest absolute Gasteiger partial charge is 0.384 e. The summed E-state index contributed by atoms with van der Waals surface area (Å²) in [5.74, 6) is 0.578. The first-order valence-corrected chi connectivity index (χ1v) is 12.0. The zero-order valence-electron chi connectivity index (χ0n) is 20.6. The molecule has 38 heavy (non-hydrogen) atoms. The fraction of sp³-hybridized carbons (Fsp3) is 0.269. The van der Waals surface area contributed by atoms with Crippen LogP contribution in [-0.4, -0.2) is 64.0 Å². The van der Waals surface area contributed by atoms with Gasteiger partial charge in [0.25, 0.3) is 0 Å². The second-order valence-electron chi connectivity index (χ2n) is 9.32. The van der Waals surface area contributed by atoms with Crippen LogP contribution in [0.1, 0.15) is 11.1 Å². The van der Waals surface area contributed by atoms with E-state index in [1.54, 1.807) is 18.3 Å². The molecule has 0 unspecified atom stereocenters. The molecule has 1 saturated heterocycles. The van der Waals surface area contributed by atoms with E-state index in [1.165, 1.54) is 12.1 Å². The highest BCUT2D eigenvalue weighted by Gasteiger charge is 2.34. The van der Waals surface area contributed by atoms with E-state index in [1.807, 2.05) is 30.1 Å². The maximum atomic E-state index is 13.8. The van der Waals surface area contributed by atoms with Gasteiger partial charge < -0.3 is 20.9 Å². The molecule has 0 radical (unpaired) electrons. The maximum absolute atomic E-state index is 13.8. The molecule has 12 heteroatoms. The number of fused-ring (bicyclic) bond motifs is 1. The lowest BCUT2D eigenvalue weighted by atomic mass is 10.0. The summed E-state index contributed by atoms with van der Waals surface area (Å²) in [5, 5.41) is 5.03. The van der Waals surface area contributed by atoms with Crippen LogP contribution < -0.4 is 16.4 Å². The molecule has 2 aromatic carbocycles. The number of likely N-dealkylation sites (N-methyl/N-ethyl adjacent to an activating group) is 1. The Morgan fingerprint density at radius 2 is 1.79 bits per heavy atom. The highest BCUT2D eigenvalue weighted by Crippen LogP contribution is 2.34. The van der Waals surface area contributed by atoms with Crippen LogP contribution in [0.15, 0.2) is 54.7 Å². The maximum Gasteiger partial charge on any atom is 0.416 e. The van der Waals surface area contributed by atoms with Gasteiger partial charge in [-0.1, -0.05) is 12.1 Å². The zero-order valence-corrected chi connectivity index (χ0v) is 20.6. The van der Waals surface area contributed by atoms with Crippen LogP contribution in [0.5, 0.6) is 0 Å². The minimum Gasteiger partial charge on any atom is -0.384 e. The molecule has 2 amide bonds. The van der Waals surface area contributed by atoms with Crippen molar-refractivity contribution in [1.82, 2.24) is 24.8 Å². The quantitative estimate of drug-likeness (QED) is 0.303. The van der Waals surface area contributed by atoms with E-state index in [0.717, 1.165) is 30.3 Å². The molecule has 1 aliphatic rings. The number of nitrogen functional groups attached to an aromatic ring is 1. The summed E-state index contributed by atoms with van der Waals surface area (Å²) in [6.45, 7) is 3.21. The van der Waals surface area contributed by atoms with Crippen molar-refractivity contribution in [3.8, 4) is 11.1 Å². The van der Waals surface area contributed by atoms with E-state index < -0.39 is 17.8 Å². The predicted molar refractivity (Wildman–Crippen MR) is 141 cm³/mol. The van der Waals surface area contributed by atoms with Crippen LogP contribution in [0.3, 0.4) is 0 Å². The Morgan fingerprint density at radius 1 is 1.03 bits per heavy atom. The number of nitrogens with two attached hydrogens (primary N) is 1. The molecule has 1 aliphatic heterocycles. The number of piperazine rings is 1. The number of carbonyl (C=O) groups is 1. The van der Waals surface area contributed by atoms with Gasteiger partial charge in [-0.3, -0.25) is 10.2 Å². The Kier molecular flexibility index (Phi) is 6.91. The summed E-state index contributed by atoms with van der Waals surface area (Å²) in [5.41, 5.74) is 8.11. The molecule has 4 aromatic rings. The van der Waals surface area contributed by atoms with Gasteiger partial charge in [0.15, 0.2) is 0 Å². The fourth-order valence-electron chi connectivity index (χ4n) is 4.40. The number of halogens is 3. The summed E-state index contributed by atoms with van der Waals surface area (Å²) in [4.78, 5) is 28.2. The van der Waals surface area contributed by atoms with Crippen LogP contribution in [0.4, 0.5) is 35.4 Å². The normalized spacial score (nSPS) is 15.1. The van der Waals surface area contributed by atoms with E-state index in [0.29, 0.717) is 29.9 Å². The van der Waals surface area contributed by atoms with Crippen molar-refractivity contribution in [2.75, 3.05) is 49.6 Å². The minimum absolute atomic E-state index is 0.0335. The summed E-state index contributed by atoms with van der Waals surface area (Å²) < 4.78 is 41.5. The van der Waals surface area contributed by atoms with Gasteiger partial charge in [0.05, 0.1) is 16.6 Å². The number of amides is 2. The van der Waals surface area contributed by atoms with Crippen molar-refractivity contribution in [3.63, 3.8) is 0 Å². The van der Waals surface area contributed by atoms with Gasteiger partial charge in [-0.15, -0.1) is 0 Å². The van der Waals surface area contributed by atoms with Gasteiger partial charge in [-0.2, -0.15) is 13.2 Å². The molecular formula is C26H27F3N8O. The SMILES string of the molecule is CN1CCN(Cc2ccc(NC(=O)Nc3nc4ccc(-c5ccc(N)nc5)cc4[nH]3)cc2C(F)(F)F)CC1. The van der Waals surface area contributed by atoms with E-state index in [9.17, 15) is 18.0 Å². The second-order valence-corrected chi connectivity index (χ2v) is 9.32. The second kappa shape index (κ2) is 10.3. The minimum atomic E-state index is -4.55. The number of aromatic amines is 1. The topological polar surface area (TPSA) is 115 Å². The zero-order chi connectivity index (χ0) is 26.9. The number of alkyl halides is 3. The molecule has 5 rings (SSSR count). The molecule has 198 valence electrons. The molecule has 1 fully saturated rings. The molecule has 9 nitrogen and oxygen atoms in total. The molecule has 0 spiro atoms. The average molecular weight is 525 g/mol. The number of anilines is 3. The highest BCUT2D eigenvalue weighted by atomic mass is 19.4. The molecule has 0 bridgehead atoms. The third kappa shape index (κ3) is 5.87. The molecular weight excluding hydrogens is 497 g/mol. The van der Waals surface area contributed by atoms with Gasteiger partial charge in [-0.25, -0.2) is 14.8 Å². The van der Waals surface area contributed by atoms with Crippen molar-refractivity contribution >= 4 is 34.5 Å². The van der Waals surface area contributed by atoms with Gasteiger partial charge in [-0.05, 0) is 54.6 Å². The molecule has 5 N–H and O–H groups in total. The van der Waals surface area contributed by atoms with Crippen molar-refractivity contribution < 1.29 is 18.0 Å². The van der Waals surface area contributed by atoms with Crippen LogP contribution in [0.2, 0.25) is 0 Å². The molecule has 0 atom stereocenters. The number of carbonyl (C=O) groups excluding carboxylic acids is 1. The van der Waals surface area contributed by atoms with Crippen molar-refractivity contribution in [2.24, 2.45) is 0 Å². The lowest BCUT2D eigenvalue weighted by Gasteiger charge is -2.33. The van der Waals surface area contributed by atoms with Crippen molar-refractivity contribution in [3.05, 3.63) is 65.9 Å². The average Bonchev–Trinajstić information content (AvgIpc) is 3.27. The van der Waals surface area contributed by atoms with Crippen LogP contribution in [0.25, 0.3) is 22.2 Å². The first kappa shape index (κ1) is 25.5. The highest BCUT2D eigenvalue weighted by molar-refractivity contribution is 5.99. The van der Waals surface area contributed by atoms with E-state index in [-0.39, 0.29) is 23.7 Å². The van der Waals surface area contributed by atoms with Gasteiger partial charge in [0, 0.05) is 50.2 Å². The number of benzene rings is 2. The first-order chi connectivity index (χ1) is 18.1. The number of H-pyrrole nitrogens is 1. The standard InChI is InChI=1S/C26H27F3N8O/c1-36-8-10-37(11-9-36)15-18-2-5-19(13-20(18)26(27,28)29)32-25(38)35-24-33-21-6-3-16(12-22(21)34-24)17-4-7-23(30)31-14-17/h2-7,12-14H,8-11,15H2,1H3,(H2,30,31)(H3,32,33,34,35,38). The number of pyridine rings is 1. The lowest BCUT2D eigenvalue weighted by molar-refractivity contribution is -0.138. The van der Waals surface area contributed by atoms with Gasteiger partial charge in [0.2, 0.25) is 5.95 Å². The third-order valence-corrected chi connectivity index (χ3v) is 6.50. The molecule has 0 aliphatic carbocycles. The third-order valence-electron chi connectivity index (χ3n) is 6.50. The molecule has 3 heterocycles. The summed E-state index contributed by atoms with van der Waals surface area (Å²) in [6.07, 6.45) is -2.89. The van der Waals surface area contributed by atoms with Crippen LogP contribution in [-0.2, 0) is 12.7 Å². The van der Waals surface area contributed by atoms with E-state index >= 15 is 0 Å². The molecule has 2 aromatic heterocycles. The number of imidazole rings is 1. The number of nitrogens with zero attached hydrogens (tertiary/aromatic N) is 4. The van der Waals surface area contributed by atoms with Gasteiger partial charge >= 0.3 is 12.2 Å². The predicted octanol–water partition coefficient (Wildman–Crippen LogP) is 4.62. The largest absolute Gasteiger partial charge is 0.416 e. The van der Waals surface area contributed by atoms with Crippen molar-refractivity contribution in [2.45, 2.75) is 12.7 Å². The number of rotatable bonds is 5. The Morgan fingerprint density at radius 3 is 2.50 bits per heavy atom. The number of hydrogen-bond acceptors (Lipinski definition) is 6. The number of urea groups is 1. The number of hydrogen-bond donors (Lipinski definition) is 4. The first-order valence-electron chi connectivity index (χ1n) is 12.0. The fourth-order valence-corrected chi connectivity index (χ4v) is 4.40. The molecule has 0 saturated carbocycles. The van der Waals surface area contributed by atoms with E-state index in [4.69, 9.17) is 5.73 Å². The Hall–Kier alpha value is -4.16. The monoisotopic (exact) mass is 524 g/mol.